The van der Waals surface area contributed by atoms with Crippen LogP contribution in [0.2, 0.25) is 0 Å². The molecule has 0 aromatic carbocycles. The molecular formula is C22H24FN5O2. The van der Waals surface area contributed by atoms with E-state index >= 15 is 0 Å². The largest absolute Gasteiger partial charge is 0.367 e. The first-order chi connectivity index (χ1) is 14.3. The van der Waals surface area contributed by atoms with Crippen LogP contribution >= 0.6 is 0 Å². The van der Waals surface area contributed by atoms with E-state index in [0.717, 1.165) is 22.4 Å². The third-order valence-electron chi connectivity index (χ3n) is 5.12. The van der Waals surface area contributed by atoms with Crippen LogP contribution in [0.25, 0.3) is 22.5 Å². The summed E-state index contributed by atoms with van der Waals surface area (Å²) in [6.45, 7) is 8.74. The maximum Gasteiger partial charge on any atom is 0.225 e. The zero-order valence-corrected chi connectivity index (χ0v) is 17.5. The fourth-order valence-corrected chi connectivity index (χ4v) is 3.52. The van der Waals surface area contributed by atoms with Gasteiger partial charge in [-0.3, -0.25) is 14.5 Å². The van der Waals surface area contributed by atoms with Crippen molar-refractivity contribution in [2.24, 2.45) is 0 Å². The number of amides is 1. The average molecular weight is 409 g/mol. The van der Waals surface area contributed by atoms with Crippen LogP contribution in [-0.4, -0.2) is 31.3 Å². The van der Waals surface area contributed by atoms with Gasteiger partial charge in [0.15, 0.2) is 0 Å². The number of nitrogens with zero attached hydrogens (tertiary/aromatic N) is 4. The number of carbonyl (C=O) groups is 1. The molecule has 3 aromatic heterocycles. The Morgan fingerprint density at radius 1 is 1.30 bits per heavy atom. The average Bonchev–Trinajstić information content (AvgIpc) is 3.07. The molecule has 1 N–H and O–H groups in total. The molecule has 0 spiro atoms. The van der Waals surface area contributed by atoms with Crippen LogP contribution in [0.15, 0.2) is 30.6 Å². The van der Waals surface area contributed by atoms with Crippen LogP contribution in [0.4, 0.5) is 10.2 Å². The van der Waals surface area contributed by atoms with Gasteiger partial charge in [0, 0.05) is 18.2 Å². The van der Waals surface area contributed by atoms with Crippen molar-refractivity contribution in [3.63, 3.8) is 0 Å². The van der Waals surface area contributed by atoms with Gasteiger partial charge in [-0.1, -0.05) is 6.92 Å². The lowest BCUT2D eigenvalue weighted by Crippen LogP contribution is -2.36. The van der Waals surface area contributed by atoms with Gasteiger partial charge >= 0.3 is 0 Å². The van der Waals surface area contributed by atoms with Crippen molar-refractivity contribution in [2.45, 2.75) is 52.9 Å². The molecule has 1 amide bonds. The van der Waals surface area contributed by atoms with Crippen LogP contribution in [0.3, 0.4) is 0 Å². The minimum atomic E-state index is -0.404. The van der Waals surface area contributed by atoms with E-state index in [1.54, 1.807) is 19.2 Å². The summed E-state index contributed by atoms with van der Waals surface area (Å²) in [6, 6.07) is 4.83. The van der Waals surface area contributed by atoms with Crippen molar-refractivity contribution in [1.29, 1.82) is 0 Å². The van der Waals surface area contributed by atoms with E-state index in [-0.39, 0.29) is 11.5 Å². The maximum absolute atomic E-state index is 13.5. The van der Waals surface area contributed by atoms with E-state index in [1.165, 1.54) is 12.3 Å². The second-order valence-corrected chi connectivity index (χ2v) is 8.02. The molecule has 0 saturated carbocycles. The van der Waals surface area contributed by atoms with Gasteiger partial charge < -0.3 is 10.1 Å². The standard InChI is InChI=1S/C22H24FN5O2/c1-5-19(29)26-18-8-15(13(2)9-25-18)20-17-11-30-22(3,4)12-28(17)27-21(20)16-7-6-14(23)10-24-16/h6-10H,5,11-12H2,1-4H3,(H,25,26,29). The number of aromatic nitrogens is 4. The number of anilines is 1. The number of fused-ring (bicyclic) bond motifs is 1. The summed E-state index contributed by atoms with van der Waals surface area (Å²) in [4.78, 5) is 20.4. The van der Waals surface area contributed by atoms with Gasteiger partial charge in [-0.2, -0.15) is 5.10 Å². The molecule has 0 bridgehead atoms. The molecule has 7 nitrogen and oxygen atoms in total. The van der Waals surface area contributed by atoms with Crippen molar-refractivity contribution < 1.29 is 13.9 Å². The summed E-state index contributed by atoms with van der Waals surface area (Å²) < 4.78 is 21.5. The molecule has 0 unspecified atom stereocenters. The molecule has 0 aliphatic carbocycles. The normalized spacial score (nSPS) is 15.0. The minimum absolute atomic E-state index is 0.111. The van der Waals surface area contributed by atoms with Crippen molar-refractivity contribution in [3.05, 3.63) is 47.7 Å². The van der Waals surface area contributed by atoms with E-state index in [2.05, 4.69) is 15.3 Å². The fraction of sp³-hybridized carbons (Fsp3) is 0.364. The first-order valence-corrected chi connectivity index (χ1v) is 9.90. The molecule has 1 aliphatic rings. The lowest BCUT2D eigenvalue weighted by molar-refractivity contribution is -0.115. The molecule has 0 fully saturated rings. The first-order valence-electron chi connectivity index (χ1n) is 9.90. The van der Waals surface area contributed by atoms with Gasteiger partial charge in [0.25, 0.3) is 0 Å². The Labute approximate surface area is 174 Å². The molecule has 0 radical (unpaired) electrons. The van der Waals surface area contributed by atoms with Crippen LogP contribution in [0.5, 0.6) is 0 Å². The first kappa shape index (κ1) is 20.2. The number of ether oxygens (including phenoxy) is 1. The third-order valence-corrected chi connectivity index (χ3v) is 5.12. The van der Waals surface area contributed by atoms with Crippen LogP contribution in [-0.2, 0) is 22.7 Å². The molecule has 4 rings (SSSR count). The van der Waals surface area contributed by atoms with Crippen molar-refractivity contribution in [2.75, 3.05) is 5.32 Å². The Morgan fingerprint density at radius 3 is 2.80 bits per heavy atom. The Hall–Kier alpha value is -3.13. The summed E-state index contributed by atoms with van der Waals surface area (Å²) in [5.74, 6) is -0.0456. The number of hydrogen-bond donors (Lipinski definition) is 1. The maximum atomic E-state index is 13.5. The van der Waals surface area contributed by atoms with E-state index < -0.39 is 5.82 Å². The summed E-state index contributed by atoms with van der Waals surface area (Å²) in [5.41, 5.74) is 4.44. The number of halogens is 1. The summed E-state index contributed by atoms with van der Waals surface area (Å²) in [6.07, 6.45) is 3.27. The molecule has 3 aromatic rings. The zero-order chi connectivity index (χ0) is 21.5. The van der Waals surface area contributed by atoms with Gasteiger partial charge in [-0.25, -0.2) is 9.37 Å². The lowest BCUT2D eigenvalue weighted by atomic mass is 9.97. The third kappa shape index (κ3) is 3.82. The summed E-state index contributed by atoms with van der Waals surface area (Å²) in [7, 11) is 0. The highest BCUT2D eigenvalue weighted by Crippen LogP contribution is 2.39. The quantitative estimate of drug-likeness (QED) is 0.701. The summed E-state index contributed by atoms with van der Waals surface area (Å²) in [5, 5.41) is 7.62. The molecule has 156 valence electrons. The molecular weight excluding hydrogens is 385 g/mol. The van der Waals surface area contributed by atoms with Crippen LogP contribution in [0, 0.1) is 12.7 Å². The highest BCUT2D eigenvalue weighted by Gasteiger charge is 2.32. The highest BCUT2D eigenvalue weighted by atomic mass is 19.1. The minimum Gasteiger partial charge on any atom is -0.367 e. The van der Waals surface area contributed by atoms with E-state index in [4.69, 9.17) is 9.84 Å². The Morgan fingerprint density at radius 2 is 2.10 bits per heavy atom. The molecule has 30 heavy (non-hydrogen) atoms. The van der Waals surface area contributed by atoms with E-state index in [0.29, 0.717) is 36.8 Å². The Balaban J connectivity index is 1.90. The monoisotopic (exact) mass is 409 g/mol. The van der Waals surface area contributed by atoms with Crippen LogP contribution in [0.1, 0.15) is 38.4 Å². The lowest BCUT2D eigenvalue weighted by Gasteiger charge is -2.31. The number of hydrogen-bond acceptors (Lipinski definition) is 5. The number of carbonyl (C=O) groups excluding carboxylic acids is 1. The second kappa shape index (κ2) is 7.60. The van der Waals surface area contributed by atoms with Gasteiger partial charge in [0.1, 0.15) is 17.3 Å². The van der Waals surface area contributed by atoms with Crippen molar-refractivity contribution in [3.8, 4) is 22.5 Å². The number of pyridine rings is 2. The Bertz CT molecular complexity index is 1110. The predicted octanol–water partition coefficient (Wildman–Crippen LogP) is 4.11. The molecule has 1 aliphatic heterocycles. The van der Waals surface area contributed by atoms with E-state index in [9.17, 15) is 9.18 Å². The number of rotatable bonds is 4. The SMILES string of the molecule is CCC(=O)Nc1cc(-c2c(-c3ccc(F)cn3)nn3c2COC(C)(C)C3)c(C)cn1. The predicted molar refractivity (Wildman–Crippen MR) is 111 cm³/mol. The van der Waals surface area contributed by atoms with Crippen molar-refractivity contribution >= 4 is 11.7 Å². The smallest absolute Gasteiger partial charge is 0.225 e. The molecule has 4 heterocycles. The van der Waals surface area contributed by atoms with E-state index in [1.807, 2.05) is 31.5 Å². The fourth-order valence-electron chi connectivity index (χ4n) is 3.52. The van der Waals surface area contributed by atoms with Crippen LogP contribution < -0.4 is 5.32 Å². The van der Waals surface area contributed by atoms with Crippen molar-refractivity contribution in [1.82, 2.24) is 19.7 Å². The Kier molecular flexibility index (Phi) is 5.11. The van der Waals surface area contributed by atoms with Gasteiger partial charge in [0.05, 0.1) is 36.3 Å². The van der Waals surface area contributed by atoms with Gasteiger partial charge in [-0.15, -0.1) is 0 Å². The topological polar surface area (TPSA) is 81.9 Å². The van der Waals surface area contributed by atoms with Gasteiger partial charge in [-0.05, 0) is 50.1 Å². The summed E-state index contributed by atoms with van der Waals surface area (Å²) >= 11 is 0. The highest BCUT2D eigenvalue weighted by molar-refractivity contribution is 5.91. The molecule has 0 atom stereocenters. The number of nitrogens with one attached hydrogen (secondary N) is 1. The second-order valence-electron chi connectivity index (χ2n) is 8.02. The molecule has 0 saturated heterocycles. The van der Waals surface area contributed by atoms with Gasteiger partial charge in [0.2, 0.25) is 5.91 Å². The zero-order valence-electron chi connectivity index (χ0n) is 17.5. The molecule has 8 heteroatoms. The number of aryl methyl sites for hydroxylation is 1.